The van der Waals surface area contributed by atoms with E-state index in [1.54, 1.807) is 6.92 Å². The highest BCUT2D eigenvalue weighted by atomic mass is 19.1. The minimum Gasteiger partial charge on any atom is -0.380 e. The normalized spacial score (nSPS) is 13.8. The zero-order valence-corrected chi connectivity index (χ0v) is 6.76. The molecule has 1 aromatic rings. The number of pyridine rings is 1. The van der Waals surface area contributed by atoms with Crippen molar-refractivity contribution in [3.05, 3.63) is 29.3 Å². The van der Waals surface area contributed by atoms with Crippen molar-refractivity contribution in [2.75, 3.05) is 11.9 Å². The summed E-state index contributed by atoms with van der Waals surface area (Å²) in [6.45, 7) is 2.41. The fraction of sp³-hybridized carbons (Fsp3) is 0.222. The van der Waals surface area contributed by atoms with E-state index in [4.69, 9.17) is 0 Å². The van der Waals surface area contributed by atoms with Crippen molar-refractivity contribution in [1.82, 2.24) is 4.98 Å². The van der Waals surface area contributed by atoms with Gasteiger partial charge in [0, 0.05) is 12.6 Å². The van der Waals surface area contributed by atoms with E-state index in [9.17, 15) is 4.39 Å². The van der Waals surface area contributed by atoms with Gasteiger partial charge in [-0.2, -0.15) is 0 Å². The van der Waals surface area contributed by atoms with Gasteiger partial charge in [0.05, 0.1) is 17.1 Å². The molecule has 0 spiro atoms. The molecule has 0 atom stereocenters. The number of fused-ring (bicyclic) bond motifs is 1. The third-order valence-corrected chi connectivity index (χ3v) is 1.87. The van der Waals surface area contributed by atoms with E-state index in [-0.39, 0.29) is 5.82 Å². The van der Waals surface area contributed by atoms with Gasteiger partial charge in [-0.25, -0.2) is 9.37 Å². The highest BCUT2D eigenvalue weighted by Gasteiger charge is 2.08. The van der Waals surface area contributed by atoms with Crippen LogP contribution in [0.25, 0.3) is 6.08 Å². The maximum atomic E-state index is 13.0. The molecule has 0 saturated carbocycles. The first-order chi connectivity index (χ1) is 5.77. The monoisotopic (exact) mass is 164 g/mol. The fourth-order valence-corrected chi connectivity index (χ4v) is 1.21. The Morgan fingerprint density at radius 3 is 3.25 bits per heavy atom. The third-order valence-electron chi connectivity index (χ3n) is 1.87. The van der Waals surface area contributed by atoms with Crippen LogP contribution in [-0.2, 0) is 0 Å². The molecular weight excluding hydrogens is 155 g/mol. The largest absolute Gasteiger partial charge is 0.380 e. The van der Waals surface area contributed by atoms with E-state index in [0.717, 1.165) is 17.9 Å². The molecule has 0 amide bonds. The Morgan fingerprint density at radius 2 is 2.42 bits per heavy atom. The van der Waals surface area contributed by atoms with Gasteiger partial charge in [-0.1, -0.05) is 6.08 Å². The van der Waals surface area contributed by atoms with Crippen molar-refractivity contribution in [2.45, 2.75) is 6.92 Å². The molecule has 0 unspecified atom stereocenters. The Balaban J connectivity index is 2.58. The molecule has 0 saturated heterocycles. The number of aryl methyl sites for hydroxylation is 1. The zero-order valence-electron chi connectivity index (χ0n) is 6.76. The average Bonchev–Trinajstić information content (AvgIpc) is 2.07. The van der Waals surface area contributed by atoms with Gasteiger partial charge >= 0.3 is 0 Å². The summed E-state index contributed by atoms with van der Waals surface area (Å²) in [7, 11) is 0. The molecule has 1 N–H and O–H groups in total. The molecule has 1 aliphatic rings. The van der Waals surface area contributed by atoms with Crippen LogP contribution in [0.15, 0.2) is 12.1 Å². The maximum Gasteiger partial charge on any atom is 0.146 e. The molecule has 2 rings (SSSR count). The lowest BCUT2D eigenvalue weighted by Gasteiger charge is -2.12. The van der Waals surface area contributed by atoms with E-state index in [2.05, 4.69) is 10.3 Å². The Kier molecular flexibility index (Phi) is 1.57. The van der Waals surface area contributed by atoms with Gasteiger partial charge in [0.2, 0.25) is 0 Å². The van der Waals surface area contributed by atoms with E-state index in [1.165, 1.54) is 6.07 Å². The summed E-state index contributed by atoms with van der Waals surface area (Å²) in [5.74, 6) is -0.253. The zero-order chi connectivity index (χ0) is 8.55. The summed E-state index contributed by atoms with van der Waals surface area (Å²) in [6, 6.07) is 1.49. The Bertz CT molecular complexity index is 345. The van der Waals surface area contributed by atoms with E-state index in [0.29, 0.717) is 5.69 Å². The molecular formula is C9H9FN2. The number of aromatic nitrogens is 1. The maximum absolute atomic E-state index is 13.0. The molecule has 1 aliphatic heterocycles. The second-order valence-electron chi connectivity index (χ2n) is 2.77. The summed E-state index contributed by atoms with van der Waals surface area (Å²) in [5, 5.41) is 3.04. The minimum absolute atomic E-state index is 0.253. The molecule has 1 aromatic heterocycles. The summed E-state index contributed by atoms with van der Waals surface area (Å²) in [6.07, 6.45) is 3.87. The predicted octanol–water partition coefficient (Wildman–Crippen LogP) is 1.97. The predicted molar refractivity (Wildman–Crippen MR) is 46.5 cm³/mol. The average molecular weight is 164 g/mol. The Morgan fingerprint density at radius 1 is 1.58 bits per heavy atom. The Hall–Kier alpha value is -1.38. The van der Waals surface area contributed by atoms with Gasteiger partial charge in [0.1, 0.15) is 5.82 Å². The first-order valence-electron chi connectivity index (χ1n) is 3.85. The molecule has 2 nitrogen and oxygen atoms in total. The number of halogens is 1. The number of anilines is 1. The molecule has 0 radical (unpaired) electrons. The van der Waals surface area contributed by atoms with Gasteiger partial charge in [0.15, 0.2) is 0 Å². The highest BCUT2D eigenvalue weighted by Crippen LogP contribution is 2.20. The Labute approximate surface area is 70.1 Å². The van der Waals surface area contributed by atoms with Crippen LogP contribution >= 0.6 is 0 Å². The van der Waals surface area contributed by atoms with Gasteiger partial charge in [-0.3, -0.25) is 0 Å². The van der Waals surface area contributed by atoms with Crippen molar-refractivity contribution >= 4 is 11.8 Å². The molecule has 12 heavy (non-hydrogen) atoms. The lowest BCUT2D eigenvalue weighted by Crippen LogP contribution is -2.07. The highest BCUT2D eigenvalue weighted by molar-refractivity contribution is 5.66. The SMILES string of the molecule is Cc1nc2c(cc1F)NCC=C2. The van der Waals surface area contributed by atoms with Gasteiger partial charge in [0.25, 0.3) is 0 Å². The van der Waals surface area contributed by atoms with Crippen LogP contribution in [0.2, 0.25) is 0 Å². The minimum atomic E-state index is -0.253. The summed E-state index contributed by atoms with van der Waals surface area (Å²) in [5.41, 5.74) is 2.04. The molecule has 0 bridgehead atoms. The van der Waals surface area contributed by atoms with Crippen molar-refractivity contribution in [2.24, 2.45) is 0 Å². The van der Waals surface area contributed by atoms with Crippen molar-refractivity contribution in [3.8, 4) is 0 Å². The van der Waals surface area contributed by atoms with E-state index < -0.39 is 0 Å². The lowest BCUT2D eigenvalue weighted by atomic mass is 10.2. The van der Waals surface area contributed by atoms with Crippen LogP contribution in [0.5, 0.6) is 0 Å². The van der Waals surface area contributed by atoms with Crippen LogP contribution in [-0.4, -0.2) is 11.5 Å². The lowest BCUT2D eigenvalue weighted by molar-refractivity contribution is 0.610. The molecule has 0 aromatic carbocycles. The summed E-state index contributed by atoms with van der Waals surface area (Å²) < 4.78 is 13.0. The van der Waals surface area contributed by atoms with Gasteiger partial charge in [-0.05, 0) is 13.0 Å². The standard InChI is InChI=1S/C9H9FN2/c1-6-7(10)5-9-8(12-6)3-2-4-11-9/h2-3,5,11H,4H2,1H3. The number of hydrogen-bond donors (Lipinski definition) is 1. The van der Waals surface area contributed by atoms with Crippen LogP contribution in [0, 0.1) is 12.7 Å². The van der Waals surface area contributed by atoms with Crippen LogP contribution in [0.1, 0.15) is 11.4 Å². The second kappa shape index (κ2) is 2.59. The van der Waals surface area contributed by atoms with Crippen LogP contribution in [0.4, 0.5) is 10.1 Å². The van der Waals surface area contributed by atoms with Crippen LogP contribution in [0.3, 0.4) is 0 Å². The van der Waals surface area contributed by atoms with E-state index >= 15 is 0 Å². The molecule has 0 aliphatic carbocycles. The smallest absolute Gasteiger partial charge is 0.146 e. The van der Waals surface area contributed by atoms with Crippen molar-refractivity contribution in [1.29, 1.82) is 0 Å². The quantitative estimate of drug-likeness (QED) is 0.634. The molecule has 62 valence electrons. The molecule has 3 heteroatoms. The van der Waals surface area contributed by atoms with Crippen LogP contribution < -0.4 is 5.32 Å². The molecule has 2 heterocycles. The fourth-order valence-electron chi connectivity index (χ4n) is 1.21. The second-order valence-corrected chi connectivity index (χ2v) is 2.77. The van der Waals surface area contributed by atoms with Crippen molar-refractivity contribution < 1.29 is 4.39 Å². The van der Waals surface area contributed by atoms with E-state index in [1.807, 2.05) is 12.2 Å². The van der Waals surface area contributed by atoms with Gasteiger partial charge < -0.3 is 5.32 Å². The van der Waals surface area contributed by atoms with Gasteiger partial charge in [-0.15, -0.1) is 0 Å². The topological polar surface area (TPSA) is 24.9 Å². The summed E-state index contributed by atoms with van der Waals surface area (Å²) in [4.78, 5) is 4.09. The third kappa shape index (κ3) is 1.07. The number of hydrogen-bond acceptors (Lipinski definition) is 2. The number of nitrogens with zero attached hydrogens (tertiary/aromatic N) is 1. The van der Waals surface area contributed by atoms with Crippen molar-refractivity contribution in [3.63, 3.8) is 0 Å². The molecule has 0 fully saturated rings. The summed E-state index contributed by atoms with van der Waals surface area (Å²) >= 11 is 0. The first-order valence-corrected chi connectivity index (χ1v) is 3.85. The first kappa shape index (κ1) is 7.28. The number of nitrogens with one attached hydrogen (secondary N) is 1. The number of rotatable bonds is 0.